The minimum atomic E-state index is -4.38. The minimum absolute atomic E-state index is 0.0280. The Morgan fingerprint density at radius 2 is 2.21 bits per heavy atom. The van der Waals surface area contributed by atoms with Gasteiger partial charge in [0.05, 0.1) is 17.8 Å². The number of primary amides is 1. The fourth-order valence-corrected chi connectivity index (χ4v) is 1.91. The average molecular weight is 276 g/mol. The van der Waals surface area contributed by atoms with Gasteiger partial charge in [0.1, 0.15) is 6.54 Å². The second kappa shape index (κ2) is 4.56. The van der Waals surface area contributed by atoms with Crippen molar-refractivity contribution in [2.45, 2.75) is 19.1 Å². The molecule has 0 radical (unpaired) electrons. The normalized spacial score (nSPS) is 20.1. The van der Waals surface area contributed by atoms with Crippen molar-refractivity contribution in [1.29, 1.82) is 0 Å². The number of halogens is 3. The van der Waals surface area contributed by atoms with Crippen LogP contribution in [0, 0.1) is 5.92 Å². The zero-order chi connectivity index (χ0) is 14.2. The summed E-state index contributed by atoms with van der Waals surface area (Å²) in [6.07, 6.45) is -2.13. The maximum absolute atomic E-state index is 12.2. The molecule has 0 bridgehead atoms. The van der Waals surface area contributed by atoms with Crippen LogP contribution in [0.3, 0.4) is 0 Å². The maximum Gasteiger partial charge on any atom is 0.408 e. The first-order valence-corrected chi connectivity index (χ1v) is 5.45. The number of hydrogen-bond acceptors (Lipinski definition) is 3. The molecule has 9 heteroatoms. The minimum Gasteiger partial charge on any atom is -0.369 e. The van der Waals surface area contributed by atoms with Gasteiger partial charge in [-0.25, -0.2) is 0 Å². The molecule has 19 heavy (non-hydrogen) atoms. The standard InChI is InChI=1S/C10H11F3N4O2/c11-10(12,13)5-16-4-7(2-15-16)17-3-6(9(14)19)1-8(17)18/h2,4,6H,1,3,5H2,(H2,14,19)/t6-/m1/s1. The fourth-order valence-electron chi connectivity index (χ4n) is 1.91. The van der Waals surface area contributed by atoms with Crippen LogP contribution in [0.5, 0.6) is 0 Å². The van der Waals surface area contributed by atoms with E-state index >= 15 is 0 Å². The Balaban J connectivity index is 2.11. The molecular weight excluding hydrogens is 265 g/mol. The number of amides is 2. The van der Waals surface area contributed by atoms with E-state index in [1.807, 2.05) is 0 Å². The molecule has 0 spiro atoms. The van der Waals surface area contributed by atoms with E-state index in [1.165, 1.54) is 4.90 Å². The number of alkyl halides is 3. The summed E-state index contributed by atoms with van der Waals surface area (Å²) in [4.78, 5) is 23.9. The lowest BCUT2D eigenvalue weighted by Gasteiger charge is -2.13. The lowest BCUT2D eigenvalue weighted by atomic mass is 10.1. The highest BCUT2D eigenvalue weighted by Crippen LogP contribution is 2.25. The van der Waals surface area contributed by atoms with Gasteiger partial charge in [0.15, 0.2) is 0 Å². The zero-order valence-corrected chi connectivity index (χ0v) is 9.72. The van der Waals surface area contributed by atoms with E-state index in [-0.39, 0.29) is 24.6 Å². The first-order chi connectivity index (χ1) is 8.76. The van der Waals surface area contributed by atoms with Crippen molar-refractivity contribution in [3.63, 3.8) is 0 Å². The topological polar surface area (TPSA) is 81.2 Å². The first-order valence-electron chi connectivity index (χ1n) is 5.45. The van der Waals surface area contributed by atoms with Crippen molar-refractivity contribution in [3.8, 4) is 0 Å². The van der Waals surface area contributed by atoms with Crippen molar-refractivity contribution in [2.24, 2.45) is 11.7 Å². The van der Waals surface area contributed by atoms with Gasteiger partial charge in [-0.2, -0.15) is 18.3 Å². The lowest BCUT2D eigenvalue weighted by Crippen LogP contribution is -2.28. The molecule has 1 fully saturated rings. The summed E-state index contributed by atoms with van der Waals surface area (Å²) in [5.41, 5.74) is 5.34. The number of carbonyl (C=O) groups is 2. The Labute approximate surface area is 106 Å². The van der Waals surface area contributed by atoms with E-state index in [4.69, 9.17) is 5.73 Å². The predicted octanol–water partition coefficient (Wildman–Crippen LogP) is 0.284. The van der Waals surface area contributed by atoms with Crippen LogP contribution in [0.2, 0.25) is 0 Å². The molecule has 1 saturated heterocycles. The zero-order valence-electron chi connectivity index (χ0n) is 9.72. The molecule has 1 aliphatic heterocycles. The molecule has 0 unspecified atom stereocenters. The quantitative estimate of drug-likeness (QED) is 0.861. The van der Waals surface area contributed by atoms with Gasteiger partial charge in [0.25, 0.3) is 0 Å². The highest BCUT2D eigenvalue weighted by Gasteiger charge is 2.35. The van der Waals surface area contributed by atoms with Crippen LogP contribution in [-0.2, 0) is 16.1 Å². The number of hydrogen-bond donors (Lipinski definition) is 1. The molecule has 2 heterocycles. The first kappa shape index (κ1) is 13.4. The van der Waals surface area contributed by atoms with E-state index in [0.717, 1.165) is 12.4 Å². The van der Waals surface area contributed by atoms with Crippen LogP contribution >= 0.6 is 0 Å². The Hall–Kier alpha value is -2.06. The van der Waals surface area contributed by atoms with Gasteiger partial charge in [0.2, 0.25) is 11.8 Å². The van der Waals surface area contributed by atoms with E-state index in [0.29, 0.717) is 4.68 Å². The Kier molecular flexibility index (Phi) is 3.21. The summed E-state index contributed by atoms with van der Waals surface area (Å²) in [6.45, 7) is -1.15. The molecule has 0 aromatic carbocycles. The van der Waals surface area contributed by atoms with Crippen LogP contribution < -0.4 is 10.6 Å². The molecule has 104 valence electrons. The molecule has 1 aromatic rings. The van der Waals surface area contributed by atoms with Crippen LogP contribution in [0.4, 0.5) is 18.9 Å². The van der Waals surface area contributed by atoms with E-state index in [2.05, 4.69) is 5.10 Å². The molecule has 0 aliphatic carbocycles. The van der Waals surface area contributed by atoms with Crippen LogP contribution in [0.15, 0.2) is 12.4 Å². The molecule has 2 rings (SSSR count). The lowest BCUT2D eigenvalue weighted by molar-refractivity contribution is -0.142. The van der Waals surface area contributed by atoms with Crippen molar-refractivity contribution >= 4 is 17.5 Å². The van der Waals surface area contributed by atoms with Crippen molar-refractivity contribution < 1.29 is 22.8 Å². The second-order valence-corrected chi connectivity index (χ2v) is 4.32. The summed E-state index contributed by atoms with van der Waals surface area (Å²) in [5.74, 6) is -1.56. The predicted molar refractivity (Wildman–Crippen MR) is 57.9 cm³/mol. The van der Waals surface area contributed by atoms with Crippen molar-refractivity contribution in [3.05, 3.63) is 12.4 Å². The van der Waals surface area contributed by atoms with Crippen molar-refractivity contribution in [2.75, 3.05) is 11.4 Å². The molecule has 6 nitrogen and oxygen atoms in total. The summed E-state index contributed by atoms with van der Waals surface area (Å²) in [6, 6.07) is 0. The van der Waals surface area contributed by atoms with Gasteiger partial charge in [-0.15, -0.1) is 0 Å². The number of nitrogens with zero attached hydrogens (tertiary/aromatic N) is 3. The van der Waals surface area contributed by atoms with Gasteiger partial charge in [0, 0.05) is 19.2 Å². The highest BCUT2D eigenvalue weighted by atomic mass is 19.4. The SMILES string of the molecule is NC(=O)[C@@H]1CC(=O)N(c2cnn(CC(F)(F)F)c2)C1. The summed E-state index contributed by atoms with van der Waals surface area (Å²) in [7, 11) is 0. The van der Waals surface area contributed by atoms with Crippen molar-refractivity contribution in [1.82, 2.24) is 9.78 Å². The highest BCUT2D eigenvalue weighted by molar-refractivity contribution is 5.99. The van der Waals surface area contributed by atoms with Gasteiger partial charge in [-0.3, -0.25) is 14.3 Å². The third-order valence-corrected chi connectivity index (χ3v) is 2.80. The van der Waals surface area contributed by atoms with Gasteiger partial charge in [-0.1, -0.05) is 0 Å². The van der Waals surface area contributed by atoms with Gasteiger partial charge < -0.3 is 10.6 Å². The third-order valence-electron chi connectivity index (χ3n) is 2.80. The Bertz CT molecular complexity index is 511. The van der Waals surface area contributed by atoms with Gasteiger partial charge in [-0.05, 0) is 0 Å². The molecule has 0 saturated carbocycles. The molecule has 1 aromatic heterocycles. The van der Waals surface area contributed by atoms with E-state index in [1.54, 1.807) is 0 Å². The smallest absolute Gasteiger partial charge is 0.369 e. The molecule has 2 amide bonds. The van der Waals surface area contributed by atoms with Crippen LogP contribution in [0.25, 0.3) is 0 Å². The average Bonchev–Trinajstić information content (AvgIpc) is 2.82. The van der Waals surface area contributed by atoms with E-state index in [9.17, 15) is 22.8 Å². The Morgan fingerprint density at radius 3 is 2.74 bits per heavy atom. The largest absolute Gasteiger partial charge is 0.408 e. The molecule has 1 aliphatic rings. The summed E-state index contributed by atoms with van der Waals surface area (Å²) >= 11 is 0. The molecule has 2 N–H and O–H groups in total. The monoisotopic (exact) mass is 276 g/mol. The fraction of sp³-hybridized carbons (Fsp3) is 0.500. The number of carbonyl (C=O) groups excluding carboxylic acids is 2. The number of nitrogens with two attached hydrogens (primary N) is 1. The van der Waals surface area contributed by atoms with Gasteiger partial charge >= 0.3 is 6.18 Å². The van der Waals surface area contributed by atoms with E-state index < -0.39 is 24.5 Å². The molecular formula is C10H11F3N4O2. The molecule has 1 atom stereocenters. The summed E-state index contributed by atoms with van der Waals surface area (Å²) < 4.78 is 37.2. The Morgan fingerprint density at radius 1 is 1.53 bits per heavy atom. The maximum atomic E-state index is 12.2. The number of aromatic nitrogens is 2. The number of anilines is 1. The number of rotatable bonds is 3. The second-order valence-electron chi connectivity index (χ2n) is 4.32. The third kappa shape index (κ3) is 3.04. The summed E-state index contributed by atoms with van der Waals surface area (Å²) in [5, 5.41) is 3.54. The van der Waals surface area contributed by atoms with Crippen LogP contribution in [-0.4, -0.2) is 34.3 Å². The van der Waals surface area contributed by atoms with Crippen LogP contribution in [0.1, 0.15) is 6.42 Å².